The van der Waals surface area contributed by atoms with Gasteiger partial charge in [0.05, 0.1) is 4.90 Å². The van der Waals surface area contributed by atoms with Crippen molar-refractivity contribution in [3.63, 3.8) is 0 Å². The van der Waals surface area contributed by atoms with Gasteiger partial charge in [-0.1, -0.05) is 33.8 Å². The third-order valence-corrected chi connectivity index (χ3v) is 8.09. The summed E-state index contributed by atoms with van der Waals surface area (Å²) in [6.45, 7) is 15.2. The van der Waals surface area contributed by atoms with Crippen molar-refractivity contribution >= 4 is 15.9 Å². The number of benzene rings is 1. The minimum atomic E-state index is -3.60. The molecule has 1 aromatic carbocycles. The molecule has 30 heavy (non-hydrogen) atoms. The summed E-state index contributed by atoms with van der Waals surface area (Å²) in [5.41, 5.74) is 1.19. The Morgan fingerprint density at radius 3 is 2.27 bits per heavy atom. The van der Waals surface area contributed by atoms with Gasteiger partial charge in [-0.3, -0.25) is 9.69 Å². The van der Waals surface area contributed by atoms with Gasteiger partial charge in [-0.25, -0.2) is 8.42 Å². The molecule has 8 heteroatoms. The average Bonchev–Trinajstić information content (AvgIpc) is 2.70. The van der Waals surface area contributed by atoms with Crippen molar-refractivity contribution in [2.24, 2.45) is 5.92 Å². The average molecular weight is 439 g/mol. The van der Waals surface area contributed by atoms with Crippen LogP contribution in [0.5, 0.6) is 0 Å². The summed E-state index contributed by atoms with van der Waals surface area (Å²) >= 11 is 0. The normalized spacial score (nSPS) is 17.5. The van der Waals surface area contributed by atoms with Crippen LogP contribution in [0, 0.1) is 12.8 Å². The summed E-state index contributed by atoms with van der Waals surface area (Å²) < 4.78 is 27.1. The van der Waals surface area contributed by atoms with Gasteiger partial charge in [-0.05, 0) is 37.6 Å². The molecule has 1 aliphatic heterocycles. The van der Waals surface area contributed by atoms with Crippen LogP contribution in [-0.2, 0) is 10.0 Å². The highest BCUT2D eigenvalue weighted by Crippen LogP contribution is 2.20. The zero-order chi connectivity index (χ0) is 22.5. The molecule has 1 heterocycles. The van der Waals surface area contributed by atoms with Crippen molar-refractivity contribution in [3.8, 4) is 0 Å². The van der Waals surface area contributed by atoms with Gasteiger partial charge >= 0.3 is 0 Å². The molecule has 2 rings (SSSR count). The van der Waals surface area contributed by atoms with E-state index in [1.807, 2.05) is 20.8 Å². The second-order valence-corrected chi connectivity index (χ2v) is 10.4. The number of hydrogen-bond acceptors (Lipinski definition) is 5. The van der Waals surface area contributed by atoms with Crippen LogP contribution >= 0.6 is 0 Å². The van der Waals surface area contributed by atoms with Crippen molar-refractivity contribution in [3.05, 3.63) is 29.3 Å². The summed E-state index contributed by atoms with van der Waals surface area (Å²) in [5, 5.41) is 3.06. The first kappa shape index (κ1) is 24.8. The first-order valence-electron chi connectivity index (χ1n) is 10.9. The van der Waals surface area contributed by atoms with E-state index in [4.69, 9.17) is 0 Å². The molecule has 1 fully saturated rings. The number of hydrogen-bond donors (Lipinski definition) is 1. The van der Waals surface area contributed by atoms with E-state index in [1.54, 1.807) is 12.1 Å². The Morgan fingerprint density at radius 2 is 1.73 bits per heavy atom. The molecule has 7 nitrogen and oxygen atoms in total. The largest absolute Gasteiger partial charge is 0.350 e. The van der Waals surface area contributed by atoms with Gasteiger partial charge in [-0.2, -0.15) is 4.31 Å². The topological polar surface area (TPSA) is 73.0 Å². The molecule has 0 saturated carbocycles. The predicted molar refractivity (Wildman–Crippen MR) is 121 cm³/mol. The molecule has 1 saturated heterocycles. The maximum absolute atomic E-state index is 13.0. The second-order valence-electron chi connectivity index (χ2n) is 8.43. The summed E-state index contributed by atoms with van der Waals surface area (Å²) in [6, 6.07) is 5.07. The van der Waals surface area contributed by atoms with E-state index in [-0.39, 0.29) is 16.8 Å². The quantitative estimate of drug-likeness (QED) is 0.639. The third kappa shape index (κ3) is 5.81. The fourth-order valence-corrected chi connectivity index (χ4v) is 5.44. The zero-order valence-corrected chi connectivity index (χ0v) is 20.1. The Morgan fingerprint density at radius 1 is 1.13 bits per heavy atom. The molecule has 1 amide bonds. The third-order valence-electron chi connectivity index (χ3n) is 6.05. The maximum atomic E-state index is 13.0. The number of amides is 1. The lowest BCUT2D eigenvalue weighted by molar-refractivity contribution is 0.0790. The summed E-state index contributed by atoms with van der Waals surface area (Å²) in [4.78, 5) is 17.9. The highest BCUT2D eigenvalue weighted by Gasteiger charge is 2.27. The number of aryl methyl sites for hydroxylation is 1. The van der Waals surface area contributed by atoms with Crippen LogP contribution in [0.4, 0.5) is 0 Å². The van der Waals surface area contributed by atoms with Crippen molar-refractivity contribution < 1.29 is 13.2 Å². The number of sulfonamides is 1. The molecule has 170 valence electrons. The van der Waals surface area contributed by atoms with Gasteiger partial charge in [0.15, 0.2) is 0 Å². The first-order chi connectivity index (χ1) is 14.1. The fourth-order valence-electron chi connectivity index (χ4n) is 3.95. The van der Waals surface area contributed by atoms with Crippen LogP contribution in [0.25, 0.3) is 0 Å². The smallest absolute Gasteiger partial charge is 0.251 e. The molecule has 1 N–H and O–H groups in total. The van der Waals surface area contributed by atoms with Gasteiger partial charge in [-0.15, -0.1) is 0 Å². The lowest BCUT2D eigenvalue weighted by Gasteiger charge is -2.40. The van der Waals surface area contributed by atoms with Crippen molar-refractivity contribution in [2.75, 3.05) is 52.9 Å². The van der Waals surface area contributed by atoms with Crippen molar-refractivity contribution in [1.29, 1.82) is 0 Å². The molecule has 0 aliphatic carbocycles. The molecule has 1 atom stereocenters. The van der Waals surface area contributed by atoms with Gasteiger partial charge in [0.25, 0.3) is 5.91 Å². The number of rotatable bonds is 9. The number of carbonyl (C=O) groups excluding carboxylic acids is 1. The molecule has 0 bridgehead atoms. The zero-order valence-electron chi connectivity index (χ0n) is 19.3. The maximum Gasteiger partial charge on any atom is 0.251 e. The Hall–Kier alpha value is -1.48. The Balaban J connectivity index is 2.16. The number of piperazine rings is 1. The minimum absolute atomic E-state index is 0.168. The molecular weight excluding hydrogens is 400 g/mol. The standard InChI is InChI=1S/C22H38N4O3S/c1-7-26(8-2)30(28,29)19-10-9-18(5)20(15-19)22(27)23-16-21(17(3)4)25-13-11-24(6)12-14-25/h9-10,15,17,21H,7-8,11-14,16H2,1-6H3,(H,23,27). The van der Waals surface area contributed by atoms with E-state index in [9.17, 15) is 13.2 Å². The van der Waals surface area contributed by atoms with E-state index < -0.39 is 10.0 Å². The Bertz CT molecular complexity index is 814. The van der Waals surface area contributed by atoms with E-state index in [0.29, 0.717) is 31.1 Å². The SMILES string of the molecule is CCN(CC)S(=O)(=O)c1ccc(C)c(C(=O)NCC(C(C)C)N2CCN(C)CC2)c1. The van der Waals surface area contributed by atoms with E-state index >= 15 is 0 Å². The monoisotopic (exact) mass is 438 g/mol. The second kappa shape index (κ2) is 10.7. The van der Waals surface area contributed by atoms with Gasteiger partial charge < -0.3 is 10.2 Å². The fraction of sp³-hybridized carbons (Fsp3) is 0.682. The number of likely N-dealkylation sites (N-methyl/N-ethyl adjacent to an activating group) is 1. The highest BCUT2D eigenvalue weighted by atomic mass is 32.2. The molecular formula is C22H38N4O3S. The summed E-state index contributed by atoms with van der Waals surface area (Å²) in [5.74, 6) is 0.188. The van der Waals surface area contributed by atoms with Crippen LogP contribution < -0.4 is 5.32 Å². The van der Waals surface area contributed by atoms with Crippen LogP contribution in [-0.4, -0.2) is 87.3 Å². The number of nitrogens with one attached hydrogen (secondary N) is 1. The summed E-state index contributed by atoms with van der Waals surface area (Å²) in [6.07, 6.45) is 0. The van der Waals surface area contributed by atoms with Crippen LogP contribution in [0.15, 0.2) is 23.1 Å². The van der Waals surface area contributed by atoms with E-state index in [0.717, 1.165) is 31.7 Å². The van der Waals surface area contributed by atoms with Crippen LogP contribution in [0.1, 0.15) is 43.6 Å². The first-order valence-corrected chi connectivity index (χ1v) is 12.4. The molecule has 1 aromatic rings. The molecule has 1 unspecified atom stereocenters. The van der Waals surface area contributed by atoms with Crippen molar-refractivity contribution in [2.45, 2.75) is 45.6 Å². The van der Waals surface area contributed by atoms with E-state index in [1.165, 1.54) is 10.4 Å². The number of nitrogens with zero attached hydrogens (tertiary/aromatic N) is 3. The molecule has 1 aliphatic rings. The Labute approximate surface area is 182 Å². The molecule has 0 radical (unpaired) electrons. The lowest BCUT2D eigenvalue weighted by atomic mass is 10.0. The highest BCUT2D eigenvalue weighted by molar-refractivity contribution is 7.89. The Kier molecular flexibility index (Phi) is 8.85. The van der Waals surface area contributed by atoms with E-state index in [2.05, 4.69) is 36.0 Å². The lowest BCUT2D eigenvalue weighted by Crippen LogP contribution is -2.54. The number of carbonyl (C=O) groups is 1. The van der Waals surface area contributed by atoms with Crippen LogP contribution in [0.2, 0.25) is 0 Å². The van der Waals surface area contributed by atoms with Crippen molar-refractivity contribution in [1.82, 2.24) is 19.4 Å². The van der Waals surface area contributed by atoms with Gasteiger partial charge in [0.2, 0.25) is 10.0 Å². The molecule has 0 spiro atoms. The minimum Gasteiger partial charge on any atom is -0.350 e. The van der Waals surface area contributed by atoms with Gasteiger partial charge in [0, 0.05) is 57.4 Å². The predicted octanol–water partition coefficient (Wildman–Crippen LogP) is 2.03. The summed E-state index contributed by atoms with van der Waals surface area (Å²) in [7, 11) is -1.47. The van der Waals surface area contributed by atoms with Gasteiger partial charge in [0.1, 0.15) is 0 Å². The van der Waals surface area contributed by atoms with Crippen LogP contribution in [0.3, 0.4) is 0 Å². The molecule has 0 aromatic heterocycles.